The van der Waals surface area contributed by atoms with Crippen molar-refractivity contribution in [3.8, 4) is 0 Å². The fourth-order valence-electron chi connectivity index (χ4n) is 3.69. The molecule has 190 valence electrons. The largest absolute Gasteiger partial charge is 0.481 e. The molecule has 0 bridgehead atoms. The second kappa shape index (κ2) is 11.8. The van der Waals surface area contributed by atoms with Crippen molar-refractivity contribution in [3.63, 3.8) is 0 Å². The normalized spacial score (nSPS) is 11.7. The van der Waals surface area contributed by atoms with Crippen LogP contribution >= 0.6 is 23.2 Å². The highest BCUT2D eigenvalue weighted by Gasteiger charge is 2.25. The van der Waals surface area contributed by atoms with Gasteiger partial charge >= 0.3 is 12.1 Å². The van der Waals surface area contributed by atoms with Gasteiger partial charge in [-0.15, -0.1) is 10.2 Å². The van der Waals surface area contributed by atoms with Crippen LogP contribution in [0.5, 0.6) is 0 Å². The van der Waals surface area contributed by atoms with Crippen molar-refractivity contribution < 1.29 is 24.2 Å². The van der Waals surface area contributed by atoms with E-state index < -0.39 is 36.9 Å². The van der Waals surface area contributed by atoms with Gasteiger partial charge in [-0.25, -0.2) is 4.79 Å². The van der Waals surface area contributed by atoms with Gasteiger partial charge in [-0.3, -0.25) is 9.59 Å². The molecule has 3 aromatic carbocycles. The molecule has 2 N–H and O–H groups in total. The number of aromatic nitrogens is 4. The predicted molar refractivity (Wildman–Crippen MR) is 135 cm³/mol. The van der Waals surface area contributed by atoms with Crippen molar-refractivity contribution in [1.82, 2.24) is 25.5 Å². The maximum absolute atomic E-state index is 12.8. The minimum Gasteiger partial charge on any atom is -0.481 e. The molecule has 1 aromatic heterocycles. The summed E-state index contributed by atoms with van der Waals surface area (Å²) in [5.41, 5.74) is 1.38. The summed E-state index contributed by atoms with van der Waals surface area (Å²) in [5, 5.41) is 26.2. The van der Waals surface area contributed by atoms with Crippen molar-refractivity contribution in [1.29, 1.82) is 0 Å². The van der Waals surface area contributed by atoms with Crippen LogP contribution in [0.2, 0.25) is 10.0 Å². The van der Waals surface area contributed by atoms with Gasteiger partial charge in [-0.2, -0.15) is 4.80 Å². The topological polar surface area (TPSA) is 136 Å². The lowest BCUT2D eigenvalue weighted by Crippen LogP contribution is -2.44. The molecule has 0 aliphatic rings. The highest BCUT2D eigenvalue weighted by atomic mass is 35.5. The number of halogens is 2. The molecule has 0 saturated carbocycles. The van der Waals surface area contributed by atoms with E-state index in [1.54, 1.807) is 18.2 Å². The van der Waals surface area contributed by atoms with Crippen LogP contribution in [0.4, 0.5) is 4.79 Å². The molecule has 4 aromatic rings. The average molecular weight is 542 g/mol. The lowest BCUT2D eigenvalue weighted by Gasteiger charge is -2.16. The van der Waals surface area contributed by atoms with Crippen molar-refractivity contribution in [3.05, 3.63) is 87.7 Å². The molecule has 0 saturated heterocycles. The van der Waals surface area contributed by atoms with E-state index in [4.69, 9.17) is 27.9 Å². The van der Waals surface area contributed by atoms with Crippen LogP contribution in [0.3, 0.4) is 0 Å². The third-order valence-electron chi connectivity index (χ3n) is 5.49. The highest BCUT2D eigenvalue weighted by molar-refractivity contribution is 6.36. The van der Waals surface area contributed by atoms with E-state index in [2.05, 4.69) is 20.7 Å². The van der Waals surface area contributed by atoms with E-state index in [1.807, 2.05) is 42.5 Å². The van der Waals surface area contributed by atoms with Gasteiger partial charge in [-0.05, 0) is 39.2 Å². The fourth-order valence-corrected chi connectivity index (χ4v) is 4.22. The van der Waals surface area contributed by atoms with Gasteiger partial charge in [0.25, 0.3) is 0 Å². The Kier molecular flexibility index (Phi) is 8.32. The SMILES string of the molecule is O=C(O)CC(NC(=O)OCc1cccc2ccccc12)C(=O)Cn1nnc(Cc2c(Cl)cccc2Cl)n1. The van der Waals surface area contributed by atoms with Crippen LogP contribution in [0.1, 0.15) is 23.4 Å². The molecule has 0 aliphatic carbocycles. The zero-order chi connectivity index (χ0) is 26.4. The smallest absolute Gasteiger partial charge is 0.408 e. The maximum atomic E-state index is 12.8. The number of ketones is 1. The number of aliphatic carboxylic acids is 1. The molecule has 0 radical (unpaired) electrons. The molecular weight excluding hydrogens is 521 g/mol. The molecular formula is C25H21Cl2N5O5. The summed E-state index contributed by atoms with van der Waals surface area (Å²) in [5.74, 6) is -1.64. The lowest BCUT2D eigenvalue weighted by molar-refractivity contribution is -0.139. The number of hydrogen-bond donors (Lipinski definition) is 2. The van der Waals surface area contributed by atoms with Gasteiger partial charge in [0.05, 0.1) is 6.42 Å². The first-order chi connectivity index (χ1) is 17.8. The number of fused-ring (bicyclic) bond motifs is 1. The Morgan fingerprint density at radius 2 is 1.70 bits per heavy atom. The number of carbonyl (C=O) groups is 3. The number of rotatable bonds is 10. The van der Waals surface area contributed by atoms with E-state index in [1.165, 1.54) is 0 Å². The summed E-state index contributed by atoms with van der Waals surface area (Å²) >= 11 is 12.3. The number of nitrogens with zero attached hydrogens (tertiary/aromatic N) is 4. The number of carboxylic acids is 1. The van der Waals surface area contributed by atoms with Crippen LogP contribution in [-0.4, -0.2) is 49.2 Å². The quantitative estimate of drug-likeness (QED) is 0.306. The number of Topliss-reactive ketones (excluding diaryl/α,β-unsaturated/α-hetero) is 1. The molecule has 37 heavy (non-hydrogen) atoms. The van der Waals surface area contributed by atoms with Crippen molar-refractivity contribution in [2.45, 2.75) is 32.0 Å². The van der Waals surface area contributed by atoms with Gasteiger partial charge < -0.3 is 15.2 Å². The third kappa shape index (κ3) is 6.81. The average Bonchev–Trinajstić information content (AvgIpc) is 3.31. The number of tetrazole rings is 1. The standard InChI is InChI=1S/C25H21Cl2N5O5/c26-19-9-4-10-20(27)18(19)11-23-29-31-32(30-23)13-22(33)21(12-24(34)35)28-25(36)37-14-16-7-3-6-15-5-1-2-8-17(15)16/h1-10,21H,11-14H2,(H,28,36)(H,34,35). The predicted octanol–water partition coefficient (Wildman–Crippen LogP) is 4.06. The number of nitrogens with one attached hydrogen (secondary N) is 1. The van der Waals surface area contributed by atoms with Gasteiger partial charge in [0.15, 0.2) is 11.6 Å². The number of carbonyl (C=O) groups excluding carboxylic acids is 2. The van der Waals surface area contributed by atoms with Crippen LogP contribution in [0, 0.1) is 0 Å². The van der Waals surface area contributed by atoms with Gasteiger partial charge in [0, 0.05) is 16.5 Å². The Morgan fingerprint density at radius 1 is 1.00 bits per heavy atom. The Labute approximate surface area is 221 Å². The van der Waals surface area contributed by atoms with Crippen LogP contribution in [0.15, 0.2) is 60.7 Å². The Bertz CT molecular complexity index is 1430. The van der Waals surface area contributed by atoms with Crippen molar-refractivity contribution in [2.24, 2.45) is 0 Å². The molecule has 4 rings (SSSR count). The monoisotopic (exact) mass is 541 g/mol. The molecule has 12 heteroatoms. The Morgan fingerprint density at radius 3 is 2.46 bits per heavy atom. The zero-order valence-corrected chi connectivity index (χ0v) is 20.8. The highest BCUT2D eigenvalue weighted by Crippen LogP contribution is 2.25. The molecule has 0 fully saturated rings. The summed E-state index contributed by atoms with van der Waals surface area (Å²) in [6.07, 6.45) is -1.38. The van der Waals surface area contributed by atoms with E-state index in [0.29, 0.717) is 15.6 Å². The summed E-state index contributed by atoms with van der Waals surface area (Å²) in [6, 6.07) is 16.9. The molecule has 0 spiro atoms. The van der Waals surface area contributed by atoms with Crippen molar-refractivity contribution >= 4 is 51.8 Å². The molecule has 0 aliphatic heterocycles. The minimum atomic E-state index is -1.36. The Balaban J connectivity index is 1.38. The number of amides is 1. The molecule has 1 atom stereocenters. The molecule has 1 heterocycles. The minimum absolute atomic E-state index is 0.0558. The summed E-state index contributed by atoms with van der Waals surface area (Å²) in [4.78, 5) is 37.6. The van der Waals surface area contributed by atoms with E-state index in [-0.39, 0.29) is 18.9 Å². The van der Waals surface area contributed by atoms with Gasteiger partial charge in [0.2, 0.25) is 0 Å². The van der Waals surface area contributed by atoms with Crippen LogP contribution in [0.25, 0.3) is 10.8 Å². The van der Waals surface area contributed by atoms with E-state index in [0.717, 1.165) is 21.1 Å². The molecule has 10 nitrogen and oxygen atoms in total. The summed E-state index contributed by atoms with van der Waals surface area (Å²) < 4.78 is 5.27. The summed E-state index contributed by atoms with van der Waals surface area (Å²) in [6.45, 7) is -0.468. The Hall–Kier alpha value is -4.02. The first-order valence-corrected chi connectivity index (χ1v) is 11.9. The number of benzene rings is 3. The molecule has 1 amide bonds. The van der Waals surface area contributed by atoms with E-state index >= 15 is 0 Å². The maximum Gasteiger partial charge on any atom is 0.408 e. The third-order valence-corrected chi connectivity index (χ3v) is 6.19. The number of alkyl carbamates (subject to hydrolysis) is 1. The van der Waals surface area contributed by atoms with E-state index in [9.17, 15) is 19.5 Å². The van der Waals surface area contributed by atoms with Gasteiger partial charge in [0.1, 0.15) is 19.2 Å². The lowest BCUT2D eigenvalue weighted by atomic mass is 10.1. The first-order valence-electron chi connectivity index (χ1n) is 11.1. The second-order valence-electron chi connectivity index (χ2n) is 8.09. The summed E-state index contributed by atoms with van der Waals surface area (Å²) in [7, 11) is 0. The number of hydrogen-bond acceptors (Lipinski definition) is 7. The van der Waals surface area contributed by atoms with Gasteiger partial charge in [-0.1, -0.05) is 71.7 Å². The molecule has 1 unspecified atom stereocenters. The van der Waals surface area contributed by atoms with Crippen LogP contribution < -0.4 is 5.32 Å². The second-order valence-corrected chi connectivity index (χ2v) is 8.90. The number of carboxylic acid groups (broad SMARTS) is 1. The van der Waals surface area contributed by atoms with Crippen LogP contribution in [-0.2, 0) is 33.9 Å². The number of ether oxygens (including phenoxy) is 1. The zero-order valence-electron chi connectivity index (χ0n) is 19.3. The fraction of sp³-hybridized carbons (Fsp3) is 0.200. The first kappa shape index (κ1) is 26.1. The van der Waals surface area contributed by atoms with Crippen molar-refractivity contribution in [2.75, 3.05) is 0 Å².